The molecule has 1 saturated heterocycles. The number of rotatable bonds is 7. The van der Waals surface area contributed by atoms with Crippen LogP contribution in [0.5, 0.6) is 0 Å². The lowest BCUT2D eigenvalue weighted by molar-refractivity contribution is -0.149. The number of hydrogen-bond donors (Lipinski definition) is 3. The number of amides is 3. The van der Waals surface area contributed by atoms with Crippen molar-refractivity contribution < 1.29 is 29.0 Å². The van der Waals surface area contributed by atoms with E-state index in [9.17, 15) is 19.2 Å². The van der Waals surface area contributed by atoms with Crippen molar-refractivity contribution in [2.24, 2.45) is 0 Å². The van der Waals surface area contributed by atoms with Crippen molar-refractivity contribution >= 4 is 23.9 Å². The molecule has 1 aliphatic heterocycles. The van der Waals surface area contributed by atoms with Crippen molar-refractivity contribution in [2.45, 2.75) is 30.8 Å². The number of carboxylic acids is 1. The molecule has 2 aromatic carbocycles. The van der Waals surface area contributed by atoms with Gasteiger partial charge in [0.25, 0.3) is 0 Å². The fourth-order valence-corrected chi connectivity index (χ4v) is 4.65. The van der Waals surface area contributed by atoms with Gasteiger partial charge in [0.2, 0.25) is 11.8 Å². The standard InChI is InChI=1S/C26H25N3O6/c1-2-7-21(25(33)29-13-12-27-24(32)22(29)14-23(30)31)28-26(34)35-15-20-18-10-5-3-8-16(18)17-9-4-6-11-19(17)20/h1,3-6,8-11,20-22H,7,12-15H2,(H,27,32)(H,28,34)(H,30,31). The van der Waals surface area contributed by atoms with Crippen LogP contribution >= 0.6 is 0 Å². The zero-order valence-corrected chi connectivity index (χ0v) is 18.9. The molecular weight excluding hydrogens is 450 g/mol. The topological polar surface area (TPSA) is 125 Å². The highest BCUT2D eigenvalue weighted by Crippen LogP contribution is 2.44. The molecule has 1 fully saturated rings. The second-order valence-corrected chi connectivity index (χ2v) is 8.37. The molecule has 2 unspecified atom stereocenters. The predicted octanol–water partition coefficient (Wildman–Crippen LogP) is 1.72. The number of nitrogens with zero attached hydrogens (tertiary/aromatic N) is 1. The molecule has 0 radical (unpaired) electrons. The Kier molecular flexibility index (Phi) is 7.01. The van der Waals surface area contributed by atoms with Crippen LogP contribution < -0.4 is 10.6 Å². The minimum Gasteiger partial charge on any atom is -0.481 e. The van der Waals surface area contributed by atoms with Crippen LogP contribution in [0.4, 0.5) is 4.79 Å². The SMILES string of the molecule is C#CCC(NC(=O)OCC1c2ccccc2-c2ccccc21)C(=O)N1CCNC(=O)C1CC(=O)O. The van der Waals surface area contributed by atoms with Gasteiger partial charge in [-0.15, -0.1) is 12.3 Å². The third-order valence-electron chi connectivity index (χ3n) is 6.24. The Labute approximate surface area is 202 Å². The van der Waals surface area contributed by atoms with Gasteiger partial charge in [-0.3, -0.25) is 14.4 Å². The van der Waals surface area contributed by atoms with Crippen LogP contribution in [0.3, 0.4) is 0 Å². The van der Waals surface area contributed by atoms with Gasteiger partial charge < -0.3 is 25.4 Å². The van der Waals surface area contributed by atoms with Crippen LogP contribution in [0.2, 0.25) is 0 Å². The number of benzene rings is 2. The van der Waals surface area contributed by atoms with E-state index >= 15 is 0 Å². The Morgan fingerprint density at radius 2 is 1.77 bits per heavy atom. The van der Waals surface area contributed by atoms with Crippen molar-refractivity contribution in [2.75, 3.05) is 19.7 Å². The van der Waals surface area contributed by atoms with Crippen LogP contribution in [-0.2, 0) is 19.1 Å². The molecule has 2 atom stereocenters. The van der Waals surface area contributed by atoms with E-state index in [1.165, 1.54) is 0 Å². The Hall–Kier alpha value is -4.32. The number of fused-ring (bicyclic) bond motifs is 3. The lowest BCUT2D eigenvalue weighted by Gasteiger charge is -2.36. The minimum absolute atomic E-state index is 0.0601. The summed E-state index contributed by atoms with van der Waals surface area (Å²) in [7, 11) is 0. The molecule has 2 aromatic rings. The fourth-order valence-electron chi connectivity index (χ4n) is 4.65. The molecule has 3 amide bonds. The molecule has 0 spiro atoms. The van der Waals surface area contributed by atoms with Gasteiger partial charge in [-0.25, -0.2) is 4.79 Å². The molecule has 1 heterocycles. The quantitative estimate of drug-likeness (QED) is 0.524. The second kappa shape index (κ2) is 10.3. The molecule has 3 N–H and O–H groups in total. The van der Waals surface area contributed by atoms with Crippen LogP contribution in [0.15, 0.2) is 48.5 Å². The molecule has 1 aliphatic carbocycles. The summed E-state index contributed by atoms with van der Waals surface area (Å²) in [6.07, 6.45) is 3.90. The van der Waals surface area contributed by atoms with E-state index in [1.54, 1.807) is 0 Å². The van der Waals surface area contributed by atoms with Gasteiger partial charge >= 0.3 is 12.1 Å². The average Bonchev–Trinajstić information content (AvgIpc) is 3.17. The minimum atomic E-state index is -1.22. The molecule has 4 rings (SSSR count). The number of carbonyl (C=O) groups is 4. The third kappa shape index (κ3) is 4.96. The van der Waals surface area contributed by atoms with Crippen molar-refractivity contribution in [3.8, 4) is 23.5 Å². The first-order chi connectivity index (χ1) is 16.9. The molecule has 2 aliphatic rings. The monoisotopic (exact) mass is 475 g/mol. The Balaban J connectivity index is 1.44. The zero-order valence-electron chi connectivity index (χ0n) is 18.9. The van der Waals surface area contributed by atoms with Crippen molar-refractivity contribution in [3.63, 3.8) is 0 Å². The van der Waals surface area contributed by atoms with Crippen LogP contribution in [0.1, 0.15) is 29.9 Å². The average molecular weight is 476 g/mol. The van der Waals surface area contributed by atoms with Crippen molar-refractivity contribution in [1.82, 2.24) is 15.5 Å². The molecule has 0 bridgehead atoms. The maximum Gasteiger partial charge on any atom is 0.407 e. The van der Waals surface area contributed by atoms with Gasteiger partial charge in [0.05, 0.1) is 6.42 Å². The highest BCUT2D eigenvalue weighted by Gasteiger charge is 2.38. The van der Waals surface area contributed by atoms with Crippen LogP contribution in [0.25, 0.3) is 11.1 Å². The number of hydrogen-bond acceptors (Lipinski definition) is 5. The number of piperazine rings is 1. The summed E-state index contributed by atoms with van der Waals surface area (Å²) in [4.78, 5) is 50.3. The molecule has 9 heteroatoms. The Morgan fingerprint density at radius 1 is 1.14 bits per heavy atom. The first-order valence-electron chi connectivity index (χ1n) is 11.3. The smallest absolute Gasteiger partial charge is 0.407 e. The number of nitrogens with one attached hydrogen (secondary N) is 2. The number of aliphatic carboxylic acids is 1. The first kappa shape index (κ1) is 23.8. The highest BCUT2D eigenvalue weighted by atomic mass is 16.5. The summed E-state index contributed by atoms with van der Waals surface area (Å²) < 4.78 is 5.50. The van der Waals surface area contributed by atoms with Gasteiger partial charge in [-0.2, -0.15) is 0 Å². The van der Waals surface area contributed by atoms with E-state index in [-0.39, 0.29) is 32.0 Å². The number of terminal acetylenes is 1. The molecule has 0 aromatic heterocycles. The van der Waals surface area contributed by atoms with Crippen molar-refractivity contribution in [1.29, 1.82) is 0 Å². The van der Waals surface area contributed by atoms with Gasteiger partial charge in [-0.1, -0.05) is 48.5 Å². The first-order valence-corrected chi connectivity index (χ1v) is 11.3. The summed E-state index contributed by atoms with van der Waals surface area (Å²) >= 11 is 0. The molecular formula is C26H25N3O6. The zero-order chi connectivity index (χ0) is 24.9. The molecule has 35 heavy (non-hydrogen) atoms. The summed E-state index contributed by atoms with van der Waals surface area (Å²) in [6, 6.07) is 13.5. The summed E-state index contributed by atoms with van der Waals surface area (Å²) in [6.45, 7) is 0.342. The van der Waals surface area contributed by atoms with E-state index in [1.807, 2.05) is 48.5 Å². The van der Waals surface area contributed by atoms with Gasteiger partial charge in [0.15, 0.2) is 0 Å². The van der Waals surface area contributed by atoms with Gasteiger partial charge in [0.1, 0.15) is 18.7 Å². The predicted molar refractivity (Wildman–Crippen MR) is 126 cm³/mol. The highest BCUT2D eigenvalue weighted by molar-refractivity contribution is 5.94. The summed E-state index contributed by atoms with van der Waals surface area (Å²) in [5, 5.41) is 14.2. The maximum atomic E-state index is 13.1. The third-order valence-corrected chi connectivity index (χ3v) is 6.24. The van der Waals surface area contributed by atoms with Gasteiger partial charge in [0, 0.05) is 25.4 Å². The van der Waals surface area contributed by atoms with Gasteiger partial charge in [-0.05, 0) is 22.3 Å². The molecule has 180 valence electrons. The van der Waals surface area contributed by atoms with E-state index in [4.69, 9.17) is 16.3 Å². The second-order valence-electron chi connectivity index (χ2n) is 8.37. The van der Waals surface area contributed by atoms with E-state index < -0.39 is 42.4 Å². The summed E-state index contributed by atoms with van der Waals surface area (Å²) in [5.41, 5.74) is 4.28. The lowest BCUT2D eigenvalue weighted by atomic mass is 9.98. The van der Waals surface area contributed by atoms with E-state index in [2.05, 4.69) is 16.6 Å². The number of carbonyl (C=O) groups excluding carboxylic acids is 3. The van der Waals surface area contributed by atoms with E-state index in [0.717, 1.165) is 27.2 Å². The van der Waals surface area contributed by atoms with Crippen LogP contribution in [-0.4, -0.2) is 65.7 Å². The Morgan fingerprint density at radius 3 is 2.37 bits per heavy atom. The number of ether oxygens (including phenoxy) is 1. The Bertz CT molecular complexity index is 1160. The molecule has 9 nitrogen and oxygen atoms in total. The molecule has 0 saturated carbocycles. The maximum absolute atomic E-state index is 13.1. The number of carboxylic acid groups (broad SMARTS) is 1. The van der Waals surface area contributed by atoms with Crippen LogP contribution in [0, 0.1) is 12.3 Å². The van der Waals surface area contributed by atoms with E-state index in [0.29, 0.717) is 0 Å². The summed E-state index contributed by atoms with van der Waals surface area (Å²) in [5.74, 6) is -0.213. The number of alkyl carbamates (subject to hydrolysis) is 1. The largest absolute Gasteiger partial charge is 0.481 e. The normalized spacial score (nSPS) is 17.4. The lowest BCUT2D eigenvalue weighted by Crippen LogP contribution is -2.61. The van der Waals surface area contributed by atoms with Crippen molar-refractivity contribution in [3.05, 3.63) is 59.7 Å². The fraction of sp³-hybridized carbons (Fsp3) is 0.308.